The molecule has 0 spiro atoms. The van der Waals surface area contributed by atoms with Crippen molar-refractivity contribution >= 4 is 0 Å². The van der Waals surface area contributed by atoms with Crippen LogP contribution in [0.4, 0.5) is 0 Å². The largest absolute Gasteiger partial charge is 0.311 e. The fourth-order valence-corrected chi connectivity index (χ4v) is 4.55. The number of nitrogens with one attached hydrogen (secondary N) is 1. The van der Waals surface area contributed by atoms with Gasteiger partial charge in [0.1, 0.15) is 0 Å². The zero-order chi connectivity index (χ0) is 14.9. The van der Waals surface area contributed by atoms with Gasteiger partial charge in [0, 0.05) is 12.1 Å². The van der Waals surface area contributed by atoms with E-state index in [1.807, 2.05) is 0 Å². The zero-order valence-electron chi connectivity index (χ0n) is 14.7. The molecule has 1 N–H and O–H groups in total. The Hall–Kier alpha value is -0.0400. The number of rotatable bonds is 2. The molecule has 1 heteroatoms. The second kappa shape index (κ2) is 9.87. The highest BCUT2D eigenvalue weighted by molar-refractivity contribution is 4.84. The Labute approximate surface area is 133 Å². The van der Waals surface area contributed by atoms with E-state index in [-0.39, 0.29) is 0 Å². The standard InChI is InChI=1S/C20H39N/c1-17-14-15-20(18(2)16-17)21-19-12-10-8-6-4-3-5-7-9-11-13-19/h17-21H,3-16H2,1-2H3. The van der Waals surface area contributed by atoms with Crippen molar-refractivity contribution in [2.24, 2.45) is 11.8 Å². The minimum Gasteiger partial charge on any atom is -0.311 e. The highest BCUT2D eigenvalue weighted by atomic mass is 15.0. The van der Waals surface area contributed by atoms with Gasteiger partial charge >= 0.3 is 0 Å². The maximum Gasteiger partial charge on any atom is 0.00954 e. The molecule has 2 aliphatic carbocycles. The quantitative estimate of drug-likeness (QED) is 0.651. The maximum absolute atomic E-state index is 4.08. The van der Waals surface area contributed by atoms with Crippen molar-refractivity contribution < 1.29 is 0 Å². The summed E-state index contributed by atoms with van der Waals surface area (Å²) in [6.45, 7) is 4.91. The molecule has 0 bridgehead atoms. The summed E-state index contributed by atoms with van der Waals surface area (Å²) in [6, 6.07) is 1.62. The van der Waals surface area contributed by atoms with Crippen LogP contribution in [0.25, 0.3) is 0 Å². The Kier molecular flexibility index (Phi) is 8.14. The minimum absolute atomic E-state index is 0.805. The summed E-state index contributed by atoms with van der Waals surface area (Å²) >= 11 is 0. The topological polar surface area (TPSA) is 12.0 Å². The molecule has 0 aromatic rings. The van der Waals surface area contributed by atoms with E-state index >= 15 is 0 Å². The van der Waals surface area contributed by atoms with Crippen LogP contribution < -0.4 is 5.32 Å². The van der Waals surface area contributed by atoms with Crippen LogP contribution in [0.15, 0.2) is 0 Å². The lowest BCUT2D eigenvalue weighted by Crippen LogP contribution is -2.44. The van der Waals surface area contributed by atoms with Gasteiger partial charge in [-0.2, -0.15) is 0 Å². The Bertz CT molecular complexity index is 251. The lowest BCUT2D eigenvalue weighted by atomic mass is 9.79. The molecular formula is C20H39N. The molecule has 124 valence electrons. The summed E-state index contributed by atoms with van der Waals surface area (Å²) in [5.41, 5.74) is 0. The minimum atomic E-state index is 0.805. The van der Waals surface area contributed by atoms with E-state index in [4.69, 9.17) is 0 Å². The van der Waals surface area contributed by atoms with E-state index in [0.717, 1.165) is 23.9 Å². The van der Waals surface area contributed by atoms with E-state index in [1.165, 1.54) is 89.9 Å². The van der Waals surface area contributed by atoms with E-state index < -0.39 is 0 Å². The summed E-state index contributed by atoms with van der Waals surface area (Å²) in [6.07, 6.45) is 20.4. The van der Waals surface area contributed by atoms with Gasteiger partial charge in [-0.05, 0) is 43.9 Å². The molecular weight excluding hydrogens is 254 g/mol. The smallest absolute Gasteiger partial charge is 0.00954 e. The second-order valence-corrected chi connectivity index (χ2v) is 8.12. The summed E-state index contributed by atoms with van der Waals surface area (Å²) in [5, 5.41) is 4.08. The fraction of sp³-hybridized carbons (Fsp3) is 1.00. The van der Waals surface area contributed by atoms with Gasteiger partial charge in [0.05, 0.1) is 0 Å². The molecule has 0 aromatic carbocycles. The molecule has 21 heavy (non-hydrogen) atoms. The third-order valence-electron chi connectivity index (χ3n) is 5.99. The van der Waals surface area contributed by atoms with Crippen LogP contribution in [0.2, 0.25) is 0 Å². The first-order valence-electron chi connectivity index (χ1n) is 10.0. The Morgan fingerprint density at radius 2 is 1.14 bits per heavy atom. The van der Waals surface area contributed by atoms with Gasteiger partial charge in [0.25, 0.3) is 0 Å². The van der Waals surface area contributed by atoms with Gasteiger partial charge in [-0.3, -0.25) is 0 Å². The van der Waals surface area contributed by atoms with E-state index in [0.29, 0.717) is 0 Å². The molecule has 2 aliphatic rings. The first-order chi connectivity index (χ1) is 10.3. The maximum atomic E-state index is 4.08. The molecule has 0 aromatic heterocycles. The highest BCUT2D eigenvalue weighted by Gasteiger charge is 2.26. The summed E-state index contributed by atoms with van der Waals surface area (Å²) in [5.74, 6) is 1.84. The van der Waals surface area contributed by atoms with E-state index in [2.05, 4.69) is 19.2 Å². The van der Waals surface area contributed by atoms with Crippen LogP contribution in [-0.2, 0) is 0 Å². The molecule has 2 rings (SSSR count). The first-order valence-corrected chi connectivity index (χ1v) is 10.0. The molecule has 2 fully saturated rings. The zero-order valence-corrected chi connectivity index (χ0v) is 14.7. The van der Waals surface area contributed by atoms with Crippen molar-refractivity contribution in [3.63, 3.8) is 0 Å². The van der Waals surface area contributed by atoms with Crippen LogP contribution in [0, 0.1) is 11.8 Å². The monoisotopic (exact) mass is 293 g/mol. The molecule has 0 aliphatic heterocycles. The number of hydrogen-bond donors (Lipinski definition) is 1. The van der Waals surface area contributed by atoms with Gasteiger partial charge in [-0.1, -0.05) is 71.6 Å². The van der Waals surface area contributed by atoms with Crippen molar-refractivity contribution in [2.45, 2.75) is 116 Å². The molecule has 0 saturated heterocycles. The van der Waals surface area contributed by atoms with Gasteiger partial charge < -0.3 is 5.32 Å². The Morgan fingerprint density at radius 3 is 1.67 bits per heavy atom. The van der Waals surface area contributed by atoms with E-state index in [9.17, 15) is 0 Å². The van der Waals surface area contributed by atoms with Crippen molar-refractivity contribution in [1.82, 2.24) is 5.32 Å². The SMILES string of the molecule is CC1CCC(NC2CCCCCCCCCCC2)C(C)C1. The van der Waals surface area contributed by atoms with Gasteiger partial charge in [-0.25, -0.2) is 0 Å². The van der Waals surface area contributed by atoms with Crippen molar-refractivity contribution in [1.29, 1.82) is 0 Å². The van der Waals surface area contributed by atoms with Crippen LogP contribution in [-0.4, -0.2) is 12.1 Å². The molecule has 2 saturated carbocycles. The lowest BCUT2D eigenvalue weighted by molar-refractivity contribution is 0.205. The normalized spacial score (nSPS) is 34.9. The fourth-order valence-electron chi connectivity index (χ4n) is 4.55. The van der Waals surface area contributed by atoms with Crippen LogP contribution in [0.3, 0.4) is 0 Å². The van der Waals surface area contributed by atoms with Crippen LogP contribution in [0.5, 0.6) is 0 Å². The second-order valence-electron chi connectivity index (χ2n) is 8.12. The highest BCUT2D eigenvalue weighted by Crippen LogP contribution is 2.29. The predicted molar refractivity (Wildman–Crippen MR) is 93.7 cm³/mol. The van der Waals surface area contributed by atoms with E-state index in [1.54, 1.807) is 0 Å². The summed E-state index contributed by atoms with van der Waals surface area (Å²) in [4.78, 5) is 0. The Morgan fingerprint density at radius 1 is 0.619 bits per heavy atom. The van der Waals surface area contributed by atoms with Gasteiger partial charge in [0.15, 0.2) is 0 Å². The van der Waals surface area contributed by atoms with Crippen LogP contribution in [0.1, 0.15) is 104 Å². The van der Waals surface area contributed by atoms with Gasteiger partial charge in [-0.15, -0.1) is 0 Å². The van der Waals surface area contributed by atoms with Gasteiger partial charge in [0.2, 0.25) is 0 Å². The summed E-state index contributed by atoms with van der Waals surface area (Å²) < 4.78 is 0. The average Bonchev–Trinajstić information content (AvgIpc) is 2.44. The molecule has 3 unspecified atom stereocenters. The third kappa shape index (κ3) is 6.72. The Balaban J connectivity index is 1.77. The van der Waals surface area contributed by atoms with Crippen LogP contribution >= 0.6 is 0 Å². The lowest BCUT2D eigenvalue weighted by Gasteiger charge is -2.36. The van der Waals surface area contributed by atoms with Crippen molar-refractivity contribution in [3.05, 3.63) is 0 Å². The number of hydrogen-bond acceptors (Lipinski definition) is 1. The van der Waals surface area contributed by atoms with Crippen molar-refractivity contribution in [2.75, 3.05) is 0 Å². The first kappa shape index (κ1) is 17.3. The molecule has 1 nitrogen and oxygen atoms in total. The summed E-state index contributed by atoms with van der Waals surface area (Å²) in [7, 11) is 0. The van der Waals surface area contributed by atoms with Crippen molar-refractivity contribution in [3.8, 4) is 0 Å². The molecule has 0 radical (unpaired) electrons. The molecule has 0 heterocycles. The molecule has 3 atom stereocenters. The predicted octanol–water partition coefficient (Wildman–Crippen LogP) is 6.07. The average molecular weight is 294 g/mol. The third-order valence-corrected chi connectivity index (χ3v) is 5.99. The molecule has 0 amide bonds.